The molecule has 5 heteroatoms. The van der Waals surface area contributed by atoms with Gasteiger partial charge in [-0.2, -0.15) is 11.8 Å². The van der Waals surface area contributed by atoms with Crippen molar-refractivity contribution in [2.45, 2.75) is 24.6 Å². The summed E-state index contributed by atoms with van der Waals surface area (Å²) in [6.07, 6.45) is 4.42. The van der Waals surface area contributed by atoms with E-state index in [1.54, 1.807) is 0 Å². The highest BCUT2D eigenvalue weighted by Crippen LogP contribution is 2.20. The van der Waals surface area contributed by atoms with Crippen LogP contribution in [-0.4, -0.2) is 35.5 Å². The minimum Gasteiger partial charge on any atom is -0.334 e. The molecule has 0 radical (unpaired) electrons. The molecule has 1 unspecified atom stereocenters. The number of carbonyl (C=O) groups excluding carboxylic acids is 1. The van der Waals surface area contributed by atoms with Gasteiger partial charge >= 0.3 is 6.03 Å². The molecule has 104 valence electrons. The van der Waals surface area contributed by atoms with Crippen LogP contribution >= 0.6 is 23.4 Å². The molecule has 1 aromatic carbocycles. The fourth-order valence-corrected chi connectivity index (χ4v) is 3.06. The van der Waals surface area contributed by atoms with Crippen molar-refractivity contribution in [3.8, 4) is 0 Å². The van der Waals surface area contributed by atoms with Gasteiger partial charge in [0.25, 0.3) is 0 Å². The number of hydrogen-bond acceptors (Lipinski definition) is 2. The van der Waals surface area contributed by atoms with E-state index in [-0.39, 0.29) is 6.03 Å². The van der Waals surface area contributed by atoms with E-state index >= 15 is 0 Å². The Bertz CT molecular complexity index is 424. The number of carbonyl (C=O) groups is 1. The van der Waals surface area contributed by atoms with Gasteiger partial charge in [0.1, 0.15) is 0 Å². The van der Waals surface area contributed by atoms with Crippen LogP contribution in [0.4, 0.5) is 4.79 Å². The standard InChI is InChI=1S/C14H19ClN2OS/c1-19-13-3-2-8-17(10-13)14(18)16-9-11-4-6-12(15)7-5-11/h4-7,13H,2-3,8-10H2,1H3,(H,16,18). The second kappa shape index (κ2) is 7.06. The third kappa shape index (κ3) is 4.32. The molecule has 1 fully saturated rings. The maximum absolute atomic E-state index is 12.1. The number of likely N-dealkylation sites (tertiary alicyclic amines) is 1. The van der Waals surface area contributed by atoms with Crippen LogP contribution in [0, 0.1) is 0 Å². The van der Waals surface area contributed by atoms with E-state index in [9.17, 15) is 4.79 Å². The van der Waals surface area contributed by atoms with E-state index in [2.05, 4.69) is 11.6 Å². The average Bonchev–Trinajstić information content (AvgIpc) is 2.46. The Hall–Kier alpha value is -0.870. The molecular formula is C14H19ClN2OS. The Morgan fingerprint density at radius 1 is 1.47 bits per heavy atom. The zero-order chi connectivity index (χ0) is 13.7. The predicted octanol–water partition coefficient (Wildman–Crippen LogP) is 3.38. The second-order valence-corrected chi connectivity index (χ2v) is 6.31. The Labute approximate surface area is 123 Å². The van der Waals surface area contributed by atoms with Gasteiger partial charge in [0, 0.05) is 29.9 Å². The second-order valence-electron chi connectivity index (χ2n) is 4.73. The number of rotatable bonds is 3. The van der Waals surface area contributed by atoms with E-state index in [0.29, 0.717) is 16.8 Å². The van der Waals surface area contributed by atoms with E-state index in [1.807, 2.05) is 40.9 Å². The summed E-state index contributed by atoms with van der Waals surface area (Å²) in [5.74, 6) is 0. The highest BCUT2D eigenvalue weighted by Gasteiger charge is 2.22. The molecular weight excluding hydrogens is 280 g/mol. The summed E-state index contributed by atoms with van der Waals surface area (Å²) in [6, 6.07) is 7.59. The Kier molecular flexibility index (Phi) is 5.40. The number of halogens is 1. The van der Waals surface area contributed by atoms with Crippen LogP contribution in [0.3, 0.4) is 0 Å². The molecule has 0 spiro atoms. The molecule has 0 saturated carbocycles. The van der Waals surface area contributed by atoms with Crippen molar-refractivity contribution < 1.29 is 4.79 Å². The molecule has 19 heavy (non-hydrogen) atoms. The SMILES string of the molecule is CSC1CCCN(C(=O)NCc2ccc(Cl)cc2)C1. The maximum Gasteiger partial charge on any atom is 0.317 e. The highest BCUT2D eigenvalue weighted by atomic mass is 35.5. The third-order valence-electron chi connectivity index (χ3n) is 3.36. The van der Waals surface area contributed by atoms with E-state index in [0.717, 1.165) is 25.1 Å². The number of nitrogens with zero attached hydrogens (tertiary/aromatic N) is 1. The third-order valence-corrected chi connectivity index (χ3v) is 4.66. The quantitative estimate of drug-likeness (QED) is 0.928. The van der Waals surface area contributed by atoms with Crippen molar-refractivity contribution in [2.75, 3.05) is 19.3 Å². The van der Waals surface area contributed by atoms with Crippen molar-refractivity contribution in [1.82, 2.24) is 10.2 Å². The summed E-state index contributed by atoms with van der Waals surface area (Å²) in [7, 11) is 0. The minimum absolute atomic E-state index is 0.0358. The number of amides is 2. The van der Waals surface area contributed by atoms with Crippen LogP contribution in [0.5, 0.6) is 0 Å². The Morgan fingerprint density at radius 2 is 2.21 bits per heavy atom. The molecule has 2 rings (SSSR count). The molecule has 0 bridgehead atoms. The first-order valence-corrected chi connectivity index (χ1v) is 8.15. The summed E-state index contributed by atoms with van der Waals surface area (Å²) in [6.45, 7) is 2.27. The zero-order valence-corrected chi connectivity index (χ0v) is 12.6. The molecule has 0 aromatic heterocycles. The molecule has 1 N–H and O–H groups in total. The maximum atomic E-state index is 12.1. The summed E-state index contributed by atoms with van der Waals surface area (Å²) < 4.78 is 0. The van der Waals surface area contributed by atoms with Crippen LogP contribution in [0.25, 0.3) is 0 Å². The lowest BCUT2D eigenvalue weighted by molar-refractivity contribution is 0.187. The number of urea groups is 1. The molecule has 2 amide bonds. The summed E-state index contributed by atoms with van der Waals surface area (Å²) >= 11 is 7.68. The molecule has 1 saturated heterocycles. The van der Waals surface area contributed by atoms with E-state index in [1.165, 1.54) is 6.42 Å². The van der Waals surface area contributed by atoms with Crippen LogP contribution < -0.4 is 5.32 Å². The van der Waals surface area contributed by atoms with Crippen molar-refractivity contribution in [1.29, 1.82) is 0 Å². The largest absolute Gasteiger partial charge is 0.334 e. The van der Waals surface area contributed by atoms with Crippen molar-refractivity contribution >= 4 is 29.4 Å². The first-order valence-electron chi connectivity index (χ1n) is 6.49. The molecule has 1 atom stereocenters. The van der Waals surface area contributed by atoms with Gasteiger partial charge in [0.05, 0.1) is 0 Å². The predicted molar refractivity (Wildman–Crippen MR) is 81.8 cm³/mol. The number of thioether (sulfide) groups is 1. The molecule has 1 aromatic rings. The van der Waals surface area contributed by atoms with Crippen molar-refractivity contribution in [3.63, 3.8) is 0 Å². The first-order chi connectivity index (χ1) is 9.19. The molecule has 1 heterocycles. The number of hydrogen-bond donors (Lipinski definition) is 1. The summed E-state index contributed by atoms with van der Waals surface area (Å²) in [5, 5.41) is 4.26. The summed E-state index contributed by atoms with van der Waals surface area (Å²) in [5.41, 5.74) is 1.07. The number of piperidine rings is 1. The fraction of sp³-hybridized carbons (Fsp3) is 0.500. The van der Waals surface area contributed by atoms with Gasteiger partial charge in [-0.15, -0.1) is 0 Å². The first kappa shape index (κ1) is 14.5. The van der Waals surface area contributed by atoms with Crippen LogP contribution in [0.1, 0.15) is 18.4 Å². The Morgan fingerprint density at radius 3 is 2.89 bits per heavy atom. The van der Waals surface area contributed by atoms with Crippen LogP contribution in [-0.2, 0) is 6.54 Å². The van der Waals surface area contributed by atoms with Crippen LogP contribution in [0.2, 0.25) is 5.02 Å². The van der Waals surface area contributed by atoms with Gasteiger partial charge in [-0.3, -0.25) is 0 Å². The number of benzene rings is 1. The van der Waals surface area contributed by atoms with E-state index < -0.39 is 0 Å². The normalized spacial score (nSPS) is 19.3. The monoisotopic (exact) mass is 298 g/mol. The van der Waals surface area contributed by atoms with Crippen molar-refractivity contribution in [3.05, 3.63) is 34.9 Å². The summed E-state index contributed by atoms with van der Waals surface area (Å²) in [4.78, 5) is 14.0. The van der Waals surface area contributed by atoms with Gasteiger partial charge in [0.2, 0.25) is 0 Å². The molecule has 1 aliphatic heterocycles. The topological polar surface area (TPSA) is 32.3 Å². The smallest absolute Gasteiger partial charge is 0.317 e. The average molecular weight is 299 g/mol. The lowest BCUT2D eigenvalue weighted by Gasteiger charge is -2.31. The fourth-order valence-electron chi connectivity index (χ4n) is 2.21. The molecule has 3 nitrogen and oxygen atoms in total. The zero-order valence-electron chi connectivity index (χ0n) is 11.1. The van der Waals surface area contributed by atoms with Crippen molar-refractivity contribution in [2.24, 2.45) is 0 Å². The molecule has 1 aliphatic rings. The van der Waals surface area contributed by atoms with Gasteiger partial charge in [-0.05, 0) is 36.8 Å². The minimum atomic E-state index is 0.0358. The van der Waals surface area contributed by atoms with Gasteiger partial charge in [0.15, 0.2) is 0 Å². The van der Waals surface area contributed by atoms with Gasteiger partial charge in [-0.25, -0.2) is 4.79 Å². The highest BCUT2D eigenvalue weighted by molar-refractivity contribution is 7.99. The lowest BCUT2D eigenvalue weighted by Crippen LogP contribution is -2.46. The van der Waals surface area contributed by atoms with Gasteiger partial charge in [-0.1, -0.05) is 23.7 Å². The van der Waals surface area contributed by atoms with E-state index in [4.69, 9.17) is 11.6 Å². The lowest BCUT2D eigenvalue weighted by atomic mass is 10.1. The van der Waals surface area contributed by atoms with Crippen LogP contribution in [0.15, 0.2) is 24.3 Å². The van der Waals surface area contributed by atoms with Gasteiger partial charge < -0.3 is 10.2 Å². The number of nitrogens with one attached hydrogen (secondary N) is 1. The molecule has 0 aliphatic carbocycles. The Balaban J connectivity index is 1.82.